The molecule has 0 spiro atoms. The summed E-state index contributed by atoms with van der Waals surface area (Å²) in [6.45, 7) is 3.85. The average Bonchev–Trinajstić information content (AvgIpc) is 3.14. The van der Waals surface area contributed by atoms with Crippen LogP contribution in [0.1, 0.15) is 150 Å². The second kappa shape index (κ2) is 33.1. The number of aliphatic hydroxyl groups is 1. The van der Waals surface area contributed by atoms with Gasteiger partial charge in [0, 0.05) is 25.7 Å². The number of aliphatic hydroxyl groups excluding tert-OH is 1. The van der Waals surface area contributed by atoms with Crippen molar-refractivity contribution >= 4 is 39.5 Å². The predicted octanol–water partition coefficient (Wildman–Crippen LogP) is 7.02. The standard InChI is InChI=1S/C36H68O17P2/c1-5-9-12-14-16-18-22-33(38)46-26-31(52-35(40)20-8-4)28-50-54(42,43)48-24-30(37)25-49-55(44,45)51-29-32(53-36(41)21-11-7-3)27-47-34(39)23-19-17-15-13-10-6-2/h30-32,37H,5-29H2,1-4H3,(H,42,43)(H,44,45)/t30-,31+,32+/m0/s1. The third-order valence-corrected chi connectivity index (χ3v) is 9.72. The molecule has 5 atom stereocenters. The Labute approximate surface area is 327 Å². The number of phosphoric ester groups is 2. The summed E-state index contributed by atoms with van der Waals surface area (Å²) in [6.07, 6.45) is 9.68. The van der Waals surface area contributed by atoms with Gasteiger partial charge in [0.25, 0.3) is 0 Å². The van der Waals surface area contributed by atoms with E-state index in [1.165, 1.54) is 0 Å². The minimum absolute atomic E-state index is 0.0532. The van der Waals surface area contributed by atoms with Gasteiger partial charge in [0.15, 0.2) is 12.2 Å². The molecule has 0 aliphatic rings. The van der Waals surface area contributed by atoms with E-state index in [2.05, 4.69) is 13.8 Å². The molecule has 0 saturated heterocycles. The molecule has 0 saturated carbocycles. The smallest absolute Gasteiger partial charge is 0.462 e. The molecule has 0 aliphatic heterocycles. The van der Waals surface area contributed by atoms with Crippen molar-refractivity contribution in [1.29, 1.82) is 0 Å². The minimum atomic E-state index is -4.88. The summed E-state index contributed by atoms with van der Waals surface area (Å²) in [5.41, 5.74) is 0. The number of phosphoric acid groups is 2. The molecule has 2 unspecified atom stereocenters. The molecule has 0 amide bonds. The lowest BCUT2D eigenvalue weighted by atomic mass is 10.1. The predicted molar refractivity (Wildman–Crippen MR) is 202 cm³/mol. The lowest BCUT2D eigenvalue weighted by molar-refractivity contribution is -0.161. The molecule has 0 aromatic rings. The van der Waals surface area contributed by atoms with Gasteiger partial charge >= 0.3 is 39.5 Å². The largest absolute Gasteiger partial charge is 0.472 e. The third-order valence-electron chi connectivity index (χ3n) is 7.82. The van der Waals surface area contributed by atoms with Crippen LogP contribution in [0.3, 0.4) is 0 Å². The number of carbonyl (C=O) groups excluding carboxylic acids is 4. The molecule has 55 heavy (non-hydrogen) atoms. The van der Waals surface area contributed by atoms with Crippen LogP contribution in [0.5, 0.6) is 0 Å². The average molecular weight is 835 g/mol. The molecule has 324 valence electrons. The van der Waals surface area contributed by atoms with Gasteiger partial charge < -0.3 is 33.8 Å². The molecule has 3 N–H and O–H groups in total. The highest BCUT2D eigenvalue weighted by Crippen LogP contribution is 2.45. The lowest BCUT2D eigenvalue weighted by Crippen LogP contribution is -2.30. The first-order valence-electron chi connectivity index (χ1n) is 19.8. The number of hydrogen-bond donors (Lipinski definition) is 3. The van der Waals surface area contributed by atoms with Crippen LogP contribution in [0, 0.1) is 0 Å². The molecule has 0 heterocycles. The fourth-order valence-electron chi connectivity index (χ4n) is 4.70. The van der Waals surface area contributed by atoms with Gasteiger partial charge in [-0.1, -0.05) is 98.3 Å². The lowest BCUT2D eigenvalue weighted by Gasteiger charge is -2.21. The van der Waals surface area contributed by atoms with Gasteiger partial charge in [-0.15, -0.1) is 0 Å². The monoisotopic (exact) mass is 834 g/mol. The van der Waals surface area contributed by atoms with Gasteiger partial charge in [-0.2, -0.15) is 0 Å². The second-order valence-corrected chi connectivity index (χ2v) is 16.2. The van der Waals surface area contributed by atoms with Crippen molar-refractivity contribution in [2.45, 2.75) is 168 Å². The summed E-state index contributed by atoms with van der Waals surface area (Å²) >= 11 is 0. The van der Waals surface area contributed by atoms with E-state index in [4.69, 9.17) is 37.0 Å². The Morgan fingerprint density at radius 3 is 1.18 bits per heavy atom. The van der Waals surface area contributed by atoms with Gasteiger partial charge in [0.1, 0.15) is 19.3 Å². The van der Waals surface area contributed by atoms with E-state index in [1.54, 1.807) is 6.92 Å². The van der Waals surface area contributed by atoms with E-state index in [1.807, 2.05) is 6.92 Å². The quantitative estimate of drug-likeness (QED) is 0.0247. The number of rotatable bonds is 37. The van der Waals surface area contributed by atoms with E-state index in [0.29, 0.717) is 25.7 Å². The van der Waals surface area contributed by atoms with Crippen LogP contribution in [-0.2, 0) is 65.4 Å². The Balaban J connectivity index is 4.90. The Hall–Kier alpha value is -1.94. The van der Waals surface area contributed by atoms with E-state index < -0.39 is 97.5 Å². The Bertz CT molecular complexity index is 1140. The highest BCUT2D eigenvalue weighted by molar-refractivity contribution is 7.47. The SMILES string of the molecule is CCCCCCCCC(=O)OC[C@H](COP(=O)(O)OC[C@H](O)COP(=O)(O)OC[C@@H](COC(=O)CCCCCCCC)OC(=O)CCCC)OC(=O)CCC. The molecule has 17 nitrogen and oxygen atoms in total. The topological polar surface area (TPSA) is 237 Å². The van der Waals surface area contributed by atoms with Gasteiger partial charge in [0.2, 0.25) is 0 Å². The van der Waals surface area contributed by atoms with Crippen molar-refractivity contribution in [1.82, 2.24) is 0 Å². The van der Waals surface area contributed by atoms with Crippen LogP contribution >= 0.6 is 15.6 Å². The number of ether oxygens (including phenoxy) is 4. The zero-order valence-corrected chi connectivity index (χ0v) is 35.2. The molecule has 0 radical (unpaired) electrons. The van der Waals surface area contributed by atoms with Crippen LogP contribution < -0.4 is 0 Å². The first kappa shape index (κ1) is 53.1. The molecule has 0 bridgehead atoms. The van der Waals surface area contributed by atoms with Crippen molar-refractivity contribution in [2.75, 3.05) is 39.6 Å². The Morgan fingerprint density at radius 1 is 0.436 bits per heavy atom. The first-order valence-corrected chi connectivity index (χ1v) is 22.8. The maximum absolute atomic E-state index is 12.5. The minimum Gasteiger partial charge on any atom is -0.462 e. The first-order chi connectivity index (χ1) is 26.2. The number of carbonyl (C=O) groups is 4. The van der Waals surface area contributed by atoms with Crippen LogP contribution in [0.25, 0.3) is 0 Å². The van der Waals surface area contributed by atoms with Crippen LogP contribution in [0.15, 0.2) is 0 Å². The summed E-state index contributed by atoms with van der Waals surface area (Å²) in [5, 5.41) is 10.2. The van der Waals surface area contributed by atoms with Gasteiger partial charge in [0.05, 0.1) is 26.4 Å². The molecule has 0 aromatic heterocycles. The molecule has 0 rings (SSSR count). The zero-order chi connectivity index (χ0) is 41.4. The van der Waals surface area contributed by atoms with Crippen molar-refractivity contribution in [3.05, 3.63) is 0 Å². The van der Waals surface area contributed by atoms with Crippen molar-refractivity contribution < 1.29 is 80.2 Å². The Morgan fingerprint density at radius 2 is 0.782 bits per heavy atom. The summed E-state index contributed by atoms with van der Waals surface area (Å²) < 4.78 is 65.2. The highest BCUT2D eigenvalue weighted by Gasteiger charge is 2.30. The van der Waals surface area contributed by atoms with Crippen molar-refractivity contribution in [3.8, 4) is 0 Å². The maximum atomic E-state index is 12.5. The highest BCUT2D eigenvalue weighted by atomic mass is 31.2. The second-order valence-electron chi connectivity index (χ2n) is 13.3. The maximum Gasteiger partial charge on any atom is 0.472 e. The van der Waals surface area contributed by atoms with Crippen LogP contribution in [0.4, 0.5) is 0 Å². The van der Waals surface area contributed by atoms with Crippen molar-refractivity contribution in [3.63, 3.8) is 0 Å². The summed E-state index contributed by atoms with van der Waals surface area (Å²) in [4.78, 5) is 68.9. The molecule has 0 aromatic carbocycles. The van der Waals surface area contributed by atoms with Gasteiger partial charge in [-0.3, -0.25) is 37.3 Å². The fourth-order valence-corrected chi connectivity index (χ4v) is 6.28. The van der Waals surface area contributed by atoms with Gasteiger partial charge in [-0.05, 0) is 25.7 Å². The van der Waals surface area contributed by atoms with Gasteiger partial charge in [-0.25, -0.2) is 9.13 Å². The van der Waals surface area contributed by atoms with E-state index in [9.17, 15) is 43.2 Å². The van der Waals surface area contributed by atoms with E-state index >= 15 is 0 Å². The summed E-state index contributed by atoms with van der Waals surface area (Å²) in [5.74, 6) is -2.29. The third kappa shape index (κ3) is 32.8. The molecular weight excluding hydrogens is 766 g/mol. The van der Waals surface area contributed by atoms with Crippen LogP contribution in [-0.4, -0.2) is 96.7 Å². The Kier molecular flexibility index (Phi) is 31.9. The molecular formula is C36H68O17P2. The number of hydrogen-bond acceptors (Lipinski definition) is 15. The van der Waals surface area contributed by atoms with E-state index in [0.717, 1.165) is 70.6 Å². The molecule has 0 aliphatic carbocycles. The summed E-state index contributed by atoms with van der Waals surface area (Å²) in [7, 11) is -9.76. The van der Waals surface area contributed by atoms with Crippen LogP contribution in [0.2, 0.25) is 0 Å². The number of unbranched alkanes of at least 4 members (excludes halogenated alkanes) is 11. The summed E-state index contributed by atoms with van der Waals surface area (Å²) in [6, 6.07) is 0. The molecule has 0 fully saturated rings. The van der Waals surface area contributed by atoms with Crippen molar-refractivity contribution in [2.24, 2.45) is 0 Å². The molecule has 19 heteroatoms. The fraction of sp³-hybridized carbons (Fsp3) is 0.889. The van der Waals surface area contributed by atoms with E-state index in [-0.39, 0.29) is 25.7 Å². The number of esters is 4. The normalized spacial score (nSPS) is 15.3. The zero-order valence-electron chi connectivity index (χ0n) is 33.4.